The lowest BCUT2D eigenvalue weighted by Crippen LogP contribution is -2.31. The lowest BCUT2D eigenvalue weighted by molar-refractivity contribution is 0.237. The highest BCUT2D eigenvalue weighted by Crippen LogP contribution is 2.25. The van der Waals surface area contributed by atoms with Crippen molar-refractivity contribution in [1.82, 2.24) is 19.9 Å². The lowest BCUT2D eigenvalue weighted by Gasteiger charge is -2.28. The Balaban J connectivity index is 1.52. The number of nitrogens with zero attached hydrogens (tertiary/aromatic N) is 4. The first-order chi connectivity index (χ1) is 13.1. The molecule has 138 valence electrons. The van der Waals surface area contributed by atoms with Crippen LogP contribution >= 0.6 is 11.6 Å². The van der Waals surface area contributed by atoms with Crippen molar-refractivity contribution in [3.63, 3.8) is 0 Å². The Morgan fingerprint density at radius 3 is 2.78 bits per heavy atom. The van der Waals surface area contributed by atoms with Crippen molar-refractivity contribution in [3.8, 4) is 17.3 Å². The first kappa shape index (κ1) is 17.8. The van der Waals surface area contributed by atoms with Crippen LogP contribution in [0.3, 0.4) is 0 Å². The second-order valence-electron chi connectivity index (χ2n) is 6.46. The first-order valence-electron chi connectivity index (χ1n) is 8.64. The van der Waals surface area contributed by atoms with Crippen molar-refractivity contribution >= 4 is 11.6 Å². The van der Waals surface area contributed by atoms with Crippen LogP contribution in [0.5, 0.6) is 5.88 Å². The highest BCUT2D eigenvalue weighted by Gasteiger charge is 2.20. The molecule has 3 heterocycles. The minimum atomic E-state index is -0.362. The minimum absolute atomic E-state index is 0.362. The molecule has 27 heavy (non-hydrogen) atoms. The van der Waals surface area contributed by atoms with Gasteiger partial charge in [-0.1, -0.05) is 11.6 Å². The van der Waals surface area contributed by atoms with Gasteiger partial charge in [0.15, 0.2) is 5.82 Å². The molecule has 0 radical (unpaired) electrons. The molecule has 0 saturated heterocycles. The third kappa shape index (κ3) is 3.91. The highest BCUT2D eigenvalue weighted by molar-refractivity contribution is 6.30. The lowest BCUT2D eigenvalue weighted by atomic mass is 10.1. The van der Waals surface area contributed by atoms with Crippen LogP contribution in [0.15, 0.2) is 42.7 Å². The van der Waals surface area contributed by atoms with Crippen LogP contribution in [0.2, 0.25) is 5.02 Å². The highest BCUT2D eigenvalue weighted by atomic mass is 35.5. The van der Waals surface area contributed by atoms with E-state index < -0.39 is 0 Å². The van der Waals surface area contributed by atoms with E-state index in [-0.39, 0.29) is 5.82 Å². The number of ether oxygens (including phenoxy) is 1. The van der Waals surface area contributed by atoms with E-state index in [4.69, 9.17) is 21.3 Å². The Bertz CT molecular complexity index is 965. The Labute approximate surface area is 161 Å². The standard InChI is InChI=1S/C20H18ClFN4O/c1-27-20-14(8-17(22)10-24-20)11-26-7-6-18-15(12-26)9-23-19(25-18)13-2-4-16(21)5-3-13/h2-5,8-10H,6-7,11-12H2,1H3. The van der Waals surface area contributed by atoms with E-state index in [0.29, 0.717) is 29.8 Å². The number of fused-ring (bicyclic) bond motifs is 1. The van der Waals surface area contributed by atoms with Gasteiger partial charge in [0, 0.05) is 54.0 Å². The zero-order chi connectivity index (χ0) is 18.8. The van der Waals surface area contributed by atoms with Gasteiger partial charge < -0.3 is 4.74 Å². The topological polar surface area (TPSA) is 51.1 Å². The number of methoxy groups -OCH3 is 1. The summed E-state index contributed by atoms with van der Waals surface area (Å²) in [4.78, 5) is 15.4. The molecule has 4 rings (SSSR count). The molecule has 0 aliphatic carbocycles. The molecule has 0 saturated carbocycles. The van der Waals surface area contributed by atoms with Gasteiger partial charge in [-0.25, -0.2) is 19.3 Å². The maximum absolute atomic E-state index is 13.5. The molecule has 0 N–H and O–H groups in total. The monoisotopic (exact) mass is 384 g/mol. The Kier molecular flexibility index (Phi) is 5.01. The molecule has 5 nitrogen and oxygen atoms in total. The molecule has 0 unspecified atom stereocenters. The number of hydrogen-bond donors (Lipinski definition) is 0. The normalized spacial score (nSPS) is 14.0. The molecular formula is C20H18ClFN4O. The quantitative estimate of drug-likeness (QED) is 0.682. The van der Waals surface area contributed by atoms with Gasteiger partial charge in [0.05, 0.1) is 19.0 Å². The van der Waals surface area contributed by atoms with Gasteiger partial charge in [-0.05, 0) is 30.3 Å². The van der Waals surface area contributed by atoms with Crippen LogP contribution in [0.1, 0.15) is 16.8 Å². The smallest absolute Gasteiger partial charge is 0.217 e. The third-order valence-corrected chi connectivity index (χ3v) is 4.85. The fourth-order valence-electron chi connectivity index (χ4n) is 3.25. The zero-order valence-corrected chi connectivity index (χ0v) is 15.6. The summed E-state index contributed by atoms with van der Waals surface area (Å²) in [5, 5.41) is 0.689. The number of hydrogen-bond acceptors (Lipinski definition) is 5. The number of rotatable bonds is 4. The van der Waals surface area contributed by atoms with Crippen LogP contribution in [0, 0.1) is 5.82 Å². The minimum Gasteiger partial charge on any atom is -0.481 e. The van der Waals surface area contributed by atoms with E-state index in [2.05, 4.69) is 14.9 Å². The predicted molar refractivity (Wildman–Crippen MR) is 101 cm³/mol. The maximum atomic E-state index is 13.5. The average molecular weight is 385 g/mol. The first-order valence-corrected chi connectivity index (χ1v) is 9.01. The summed E-state index contributed by atoms with van der Waals surface area (Å²) < 4.78 is 18.8. The van der Waals surface area contributed by atoms with Gasteiger partial charge in [-0.2, -0.15) is 0 Å². The molecule has 1 aliphatic rings. The number of aromatic nitrogens is 3. The van der Waals surface area contributed by atoms with Crippen LogP contribution in [-0.4, -0.2) is 33.5 Å². The third-order valence-electron chi connectivity index (χ3n) is 4.59. The summed E-state index contributed by atoms with van der Waals surface area (Å²) in [7, 11) is 1.54. The van der Waals surface area contributed by atoms with Crippen LogP contribution in [0.4, 0.5) is 4.39 Å². The average Bonchev–Trinajstić information content (AvgIpc) is 2.68. The van der Waals surface area contributed by atoms with Gasteiger partial charge in [-0.3, -0.25) is 4.90 Å². The van der Waals surface area contributed by atoms with Crippen molar-refractivity contribution in [2.24, 2.45) is 0 Å². The molecule has 3 aromatic rings. The fourth-order valence-corrected chi connectivity index (χ4v) is 3.38. The van der Waals surface area contributed by atoms with Crippen LogP contribution in [0.25, 0.3) is 11.4 Å². The Morgan fingerprint density at radius 1 is 1.19 bits per heavy atom. The second-order valence-corrected chi connectivity index (χ2v) is 6.89. The van der Waals surface area contributed by atoms with Gasteiger partial charge in [0.25, 0.3) is 0 Å². The molecule has 0 fully saturated rings. The summed E-state index contributed by atoms with van der Waals surface area (Å²) in [5.74, 6) is 0.797. The molecular weight excluding hydrogens is 367 g/mol. The van der Waals surface area contributed by atoms with E-state index in [1.807, 2.05) is 30.5 Å². The zero-order valence-electron chi connectivity index (χ0n) is 14.8. The molecule has 2 aromatic heterocycles. The predicted octanol–water partition coefficient (Wildman–Crippen LogP) is 3.90. The molecule has 0 bridgehead atoms. The van der Waals surface area contributed by atoms with Gasteiger partial charge in [-0.15, -0.1) is 0 Å². The van der Waals surface area contributed by atoms with Crippen molar-refractivity contribution in [1.29, 1.82) is 0 Å². The molecule has 7 heteroatoms. The number of halogens is 2. The van der Waals surface area contributed by atoms with Crippen molar-refractivity contribution < 1.29 is 9.13 Å². The molecule has 0 atom stereocenters. The summed E-state index contributed by atoms with van der Waals surface area (Å²) in [6, 6.07) is 8.98. The molecule has 1 aromatic carbocycles. The van der Waals surface area contributed by atoms with E-state index in [0.717, 1.165) is 35.3 Å². The second kappa shape index (κ2) is 7.58. The molecule has 1 aliphatic heterocycles. The maximum Gasteiger partial charge on any atom is 0.217 e. The SMILES string of the molecule is COc1ncc(F)cc1CN1CCc2nc(-c3ccc(Cl)cc3)ncc2C1. The summed E-state index contributed by atoms with van der Waals surface area (Å²) in [6.07, 6.45) is 3.85. The Hall–Kier alpha value is -2.57. The molecule has 0 spiro atoms. The Morgan fingerprint density at radius 2 is 2.00 bits per heavy atom. The van der Waals surface area contributed by atoms with Crippen LogP contribution < -0.4 is 4.74 Å². The van der Waals surface area contributed by atoms with E-state index in [1.165, 1.54) is 12.3 Å². The van der Waals surface area contributed by atoms with Crippen LogP contribution in [-0.2, 0) is 19.5 Å². The van der Waals surface area contributed by atoms with E-state index >= 15 is 0 Å². The van der Waals surface area contributed by atoms with Crippen molar-refractivity contribution in [2.75, 3.05) is 13.7 Å². The largest absolute Gasteiger partial charge is 0.481 e. The van der Waals surface area contributed by atoms with Gasteiger partial charge >= 0.3 is 0 Å². The number of pyridine rings is 1. The number of benzene rings is 1. The summed E-state index contributed by atoms with van der Waals surface area (Å²) in [5.41, 5.74) is 3.82. The van der Waals surface area contributed by atoms with Gasteiger partial charge in [0.1, 0.15) is 5.82 Å². The van der Waals surface area contributed by atoms with Gasteiger partial charge in [0.2, 0.25) is 5.88 Å². The molecule has 0 amide bonds. The van der Waals surface area contributed by atoms with Crippen molar-refractivity contribution in [2.45, 2.75) is 19.5 Å². The van der Waals surface area contributed by atoms with E-state index in [1.54, 1.807) is 7.11 Å². The van der Waals surface area contributed by atoms with Crippen molar-refractivity contribution in [3.05, 3.63) is 70.4 Å². The summed E-state index contributed by atoms with van der Waals surface area (Å²) >= 11 is 5.95. The fraction of sp³-hybridized carbons (Fsp3) is 0.250. The van der Waals surface area contributed by atoms with E-state index in [9.17, 15) is 4.39 Å². The summed E-state index contributed by atoms with van der Waals surface area (Å²) in [6.45, 7) is 2.09.